The first-order valence-electron chi connectivity index (χ1n) is 6.80. The molecule has 0 aliphatic rings. The smallest absolute Gasteiger partial charge is 0.142 e. The SMILES string of the molecule is CCc1nn(C)c(CC(O)c2cccc(OC)c2N)c1Br. The van der Waals surface area contributed by atoms with Crippen molar-refractivity contribution in [3.63, 3.8) is 0 Å². The number of para-hydroxylation sites is 1. The molecular formula is C15H20BrN3O2. The Morgan fingerprint density at radius 2 is 2.19 bits per heavy atom. The van der Waals surface area contributed by atoms with Crippen molar-refractivity contribution in [1.82, 2.24) is 9.78 Å². The number of benzene rings is 1. The van der Waals surface area contributed by atoms with E-state index in [0.717, 1.165) is 22.3 Å². The van der Waals surface area contributed by atoms with Crippen molar-refractivity contribution >= 4 is 21.6 Å². The number of anilines is 1. The highest BCUT2D eigenvalue weighted by Crippen LogP contribution is 2.32. The summed E-state index contributed by atoms with van der Waals surface area (Å²) in [6.07, 6.45) is 0.560. The van der Waals surface area contributed by atoms with Gasteiger partial charge in [-0.2, -0.15) is 5.10 Å². The van der Waals surface area contributed by atoms with Gasteiger partial charge in [-0.1, -0.05) is 19.1 Å². The molecule has 1 aromatic heterocycles. The molecule has 0 saturated heterocycles. The van der Waals surface area contributed by atoms with Crippen LogP contribution in [0.3, 0.4) is 0 Å². The van der Waals surface area contributed by atoms with Gasteiger partial charge < -0.3 is 15.6 Å². The third kappa shape index (κ3) is 3.06. The molecule has 1 atom stereocenters. The molecule has 0 saturated carbocycles. The van der Waals surface area contributed by atoms with Crippen LogP contribution in [0.2, 0.25) is 0 Å². The third-order valence-electron chi connectivity index (χ3n) is 3.57. The van der Waals surface area contributed by atoms with Gasteiger partial charge in [-0.25, -0.2) is 0 Å². The van der Waals surface area contributed by atoms with Crippen LogP contribution in [0.1, 0.15) is 30.0 Å². The highest BCUT2D eigenvalue weighted by atomic mass is 79.9. The summed E-state index contributed by atoms with van der Waals surface area (Å²) in [4.78, 5) is 0. The van der Waals surface area contributed by atoms with E-state index in [4.69, 9.17) is 10.5 Å². The van der Waals surface area contributed by atoms with Crippen LogP contribution < -0.4 is 10.5 Å². The van der Waals surface area contributed by atoms with Gasteiger partial charge in [0, 0.05) is 19.0 Å². The number of halogens is 1. The Bertz CT molecular complexity index is 640. The predicted molar refractivity (Wildman–Crippen MR) is 86.4 cm³/mol. The first kappa shape index (κ1) is 15.9. The van der Waals surface area contributed by atoms with Gasteiger partial charge in [0.2, 0.25) is 0 Å². The van der Waals surface area contributed by atoms with Crippen LogP contribution in [0.25, 0.3) is 0 Å². The second-order valence-corrected chi connectivity index (χ2v) is 5.66. The average molecular weight is 354 g/mol. The van der Waals surface area contributed by atoms with E-state index < -0.39 is 6.10 Å². The predicted octanol–water partition coefficient (Wildman–Crippen LogP) is 2.61. The molecule has 114 valence electrons. The lowest BCUT2D eigenvalue weighted by Crippen LogP contribution is -2.09. The minimum absolute atomic E-state index is 0.432. The quantitative estimate of drug-likeness (QED) is 0.810. The van der Waals surface area contributed by atoms with Gasteiger partial charge in [0.25, 0.3) is 0 Å². The number of aromatic nitrogens is 2. The second-order valence-electron chi connectivity index (χ2n) is 4.87. The highest BCUT2D eigenvalue weighted by molar-refractivity contribution is 9.10. The van der Waals surface area contributed by atoms with E-state index in [1.807, 2.05) is 26.1 Å². The molecule has 21 heavy (non-hydrogen) atoms. The third-order valence-corrected chi connectivity index (χ3v) is 4.48. The Labute approximate surface area is 132 Å². The number of aliphatic hydroxyl groups excluding tert-OH is 1. The Morgan fingerprint density at radius 1 is 1.48 bits per heavy atom. The van der Waals surface area contributed by atoms with Gasteiger partial charge in [0.1, 0.15) is 5.75 Å². The van der Waals surface area contributed by atoms with Gasteiger partial charge in [-0.15, -0.1) is 0 Å². The Balaban J connectivity index is 2.30. The van der Waals surface area contributed by atoms with E-state index in [9.17, 15) is 5.11 Å². The second kappa shape index (κ2) is 6.49. The van der Waals surface area contributed by atoms with Crippen LogP contribution in [-0.2, 0) is 19.9 Å². The normalized spacial score (nSPS) is 12.4. The van der Waals surface area contributed by atoms with Crippen molar-refractivity contribution in [2.75, 3.05) is 12.8 Å². The van der Waals surface area contributed by atoms with Crippen LogP contribution in [-0.4, -0.2) is 22.0 Å². The zero-order valence-corrected chi connectivity index (χ0v) is 14.0. The van der Waals surface area contributed by atoms with Crippen molar-refractivity contribution in [3.8, 4) is 5.75 Å². The van der Waals surface area contributed by atoms with E-state index in [1.54, 1.807) is 17.9 Å². The molecular weight excluding hydrogens is 334 g/mol. The fourth-order valence-electron chi connectivity index (χ4n) is 2.36. The summed E-state index contributed by atoms with van der Waals surface area (Å²) in [5, 5.41) is 14.9. The molecule has 1 aromatic carbocycles. The summed E-state index contributed by atoms with van der Waals surface area (Å²) in [6.45, 7) is 2.05. The lowest BCUT2D eigenvalue weighted by atomic mass is 10.0. The molecule has 5 nitrogen and oxygen atoms in total. The lowest BCUT2D eigenvalue weighted by molar-refractivity contribution is 0.176. The maximum absolute atomic E-state index is 10.5. The summed E-state index contributed by atoms with van der Waals surface area (Å²) in [5.41, 5.74) is 9.11. The number of aryl methyl sites for hydroxylation is 2. The van der Waals surface area contributed by atoms with E-state index in [0.29, 0.717) is 23.4 Å². The van der Waals surface area contributed by atoms with Crippen LogP contribution in [0.15, 0.2) is 22.7 Å². The summed E-state index contributed by atoms with van der Waals surface area (Å²) in [7, 11) is 3.44. The van der Waals surface area contributed by atoms with Gasteiger partial charge in [0.05, 0.1) is 34.8 Å². The van der Waals surface area contributed by atoms with E-state index in [1.165, 1.54) is 0 Å². The van der Waals surface area contributed by atoms with Crippen molar-refractivity contribution in [1.29, 1.82) is 0 Å². The van der Waals surface area contributed by atoms with Crippen molar-refractivity contribution < 1.29 is 9.84 Å². The number of aliphatic hydroxyl groups is 1. The number of nitrogen functional groups attached to an aromatic ring is 1. The number of hydrogen-bond donors (Lipinski definition) is 2. The summed E-state index contributed by atoms with van der Waals surface area (Å²) in [5.74, 6) is 0.574. The number of nitrogens with two attached hydrogens (primary N) is 1. The molecule has 2 aromatic rings. The summed E-state index contributed by atoms with van der Waals surface area (Å²) in [6, 6.07) is 5.41. The fourth-order valence-corrected chi connectivity index (χ4v) is 3.14. The van der Waals surface area contributed by atoms with E-state index in [2.05, 4.69) is 21.0 Å². The van der Waals surface area contributed by atoms with Gasteiger partial charge in [0.15, 0.2) is 0 Å². The molecule has 0 amide bonds. The van der Waals surface area contributed by atoms with Crippen molar-refractivity contribution in [3.05, 3.63) is 39.6 Å². The fraction of sp³-hybridized carbons (Fsp3) is 0.400. The van der Waals surface area contributed by atoms with Crippen LogP contribution >= 0.6 is 15.9 Å². The molecule has 6 heteroatoms. The Morgan fingerprint density at radius 3 is 2.76 bits per heavy atom. The number of nitrogens with zero attached hydrogens (tertiary/aromatic N) is 2. The maximum atomic E-state index is 10.5. The maximum Gasteiger partial charge on any atom is 0.142 e. The van der Waals surface area contributed by atoms with Crippen LogP contribution in [0, 0.1) is 0 Å². The number of rotatable bonds is 5. The number of hydrogen-bond acceptors (Lipinski definition) is 4. The molecule has 3 N–H and O–H groups in total. The van der Waals surface area contributed by atoms with Gasteiger partial charge in [-0.05, 0) is 28.4 Å². The topological polar surface area (TPSA) is 73.3 Å². The number of ether oxygens (including phenoxy) is 1. The van der Waals surface area contributed by atoms with Crippen LogP contribution in [0.4, 0.5) is 5.69 Å². The molecule has 0 radical (unpaired) electrons. The summed E-state index contributed by atoms with van der Waals surface area (Å²) >= 11 is 3.56. The largest absolute Gasteiger partial charge is 0.495 e. The molecule has 2 rings (SSSR count). The standard InChI is InChI=1S/C15H20BrN3O2/c1-4-10-14(16)11(19(2)18-10)8-12(20)9-6-5-7-13(21-3)15(9)17/h5-7,12,20H,4,8,17H2,1-3H3. The average Bonchev–Trinajstić information content (AvgIpc) is 2.74. The minimum Gasteiger partial charge on any atom is -0.495 e. The molecule has 1 unspecified atom stereocenters. The molecule has 0 aliphatic carbocycles. The monoisotopic (exact) mass is 353 g/mol. The Hall–Kier alpha value is -1.53. The minimum atomic E-state index is -0.712. The summed E-state index contributed by atoms with van der Waals surface area (Å²) < 4.78 is 7.94. The molecule has 0 spiro atoms. The van der Waals surface area contributed by atoms with Crippen LogP contribution in [0.5, 0.6) is 5.75 Å². The van der Waals surface area contributed by atoms with Crippen molar-refractivity contribution in [2.24, 2.45) is 7.05 Å². The van der Waals surface area contributed by atoms with E-state index >= 15 is 0 Å². The highest BCUT2D eigenvalue weighted by Gasteiger charge is 2.20. The lowest BCUT2D eigenvalue weighted by Gasteiger charge is -2.16. The van der Waals surface area contributed by atoms with E-state index in [-0.39, 0.29) is 0 Å². The first-order chi connectivity index (χ1) is 9.99. The van der Waals surface area contributed by atoms with Gasteiger partial charge >= 0.3 is 0 Å². The van der Waals surface area contributed by atoms with Gasteiger partial charge in [-0.3, -0.25) is 4.68 Å². The van der Waals surface area contributed by atoms with Crippen molar-refractivity contribution in [2.45, 2.75) is 25.9 Å². The molecule has 0 fully saturated rings. The zero-order chi connectivity index (χ0) is 15.6. The zero-order valence-electron chi connectivity index (χ0n) is 12.4. The molecule has 0 aliphatic heterocycles. The first-order valence-corrected chi connectivity index (χ1v) is 7.59. The Kier molecular flexibility index (Phi) is 4.90. The number of methoxy groups -OCH3 is 1. The molecule has 0 bridgehead atoms. The molecule has 1 heterocycles.